The van der Waals surface area contributed by atoms with Gasteiger partial charge >= 0.3 is 0 Å². The Morgan fingerprint density at radius 1 is 1.44 bits per heavy atom. The minimum absolute atomic E-state index is 0.120. The van der Waals surface area contributed by atoms with E-state index in [4.69, 9.17) is 10.4 Å². The number of hydrogen-bond donors (Lipinski definition) is 2. The van der Waals surface area contributed by atoms with Crippen LogP contribution in [0.2, 0.25) is 0 Å². The monoisotopic (exact) mass is 248 g/mol. The van der Waals surface area contributed by atoms with E-state index in [0.29, 0.717) is 17.8 Å². The Bertz CT molecular complexity index is 463. The van der Waals surface area contributed by atoms with Gasteiger partial charge in [-0.15, -0.1) is 0 Å². The number of benzene rings is 1. The second-order valence-electron chi connectivity index (χ2n) is 4.99. The second kappa shape index (κ2) is 5.36. The molecule has 0 saturated heterocycles. The molecule has 0 unspecified atom stereocenters. The summed E-state index contributed by atoms with van der Waals surface area (Å²) in [4.78, 5) is 0. The predicted molar refractivity (Wildman–Crippen MR) is 67.6 cm³/mol. The maximum absolute atomic E-state index is 13.7. The lowest BCUT2D eigenvalue weighted by Crippen LogP contribution is -2.37. The second-order valence-corrected chi connectivity index (χ2v) is 4.99. The van der Waals surface area contributed by atoms with Gasteiger partial charge in [-0.1, -0.05) is 6.42 Å². The van der Waals surface area contributed by atoms with Gasteiger partial charge in [-0.3, -0.25) is 0 Å². The average Bonchev–Trinajstić information content (AvgIpc) is 2.33. The number of hydrogen-bond acceptors (Lipinski definition) is 3. The Labute approximate surface area is 106 Å². The fourth-order valence-corrected chi connectivity index (χ4v) is 2.44. The van der Waals surface area contributed by atoms with Gasteiger partial charge in [0.2, 0.25) is 0 Å². The molecule has 0 bridgehead atoms. The highest BCUT2D eigenvalue weighted by atomic mass is 19.1. The molecule has 0 amide bonds. The van der Waals surface area contributed by atoms with Crippen molar-refractivity contribution in [2.45, 2.75) is 25.7 Å². The number of nitrogens with one attached hydrogen (secondary N) is 1. The molecular formula is C14H17FN2O. The predicted octanol–water partition coefficient (Wildman–Crippen LogP) is 2.66. The van der Waals surface area contributed by atoms with Gasteiger partial charge in [-0.25, -0.2) is 4.39 Å². The standard InChI is InChI=1S/C14H17FN2O/c15-12-8-11(9-16)2-3-13(12)17-10-14(6-7-18)4-1-5-14/h2-3,8,17-18H,1,4-7,10H2. The summed E-state index contributed by atoms with van der Waals surface area (Å²) < 4.78 is 13.7. The van der Waals surface area contributed by atoms with Crippen molar-refractivity contribution in [2.24, 2.45) is 5.41 Å². The number of halogens is 1. The number of aliphatic hydroxyl groups excluding tert-OH is 1. The van der Waals surface area contributed by atoms with Crippen molar-refractivity contribution in [1.82, 2.24) is 0 Å². The van der Waals surface area contributed by atoms with Crippen molar-refractivity contribution in [2.75, 3.05) is 18.5 Å². The summed E-state index contributed by atoms with van der Waals surface area (Å²) >= 11 is 0. The van der Waals surface area contributed by atoms with Crippen molar-refractivity contribution < 1.29 is 9.50 Å². The molecule has 2 rings (SSSR count). The van der Waals surface area contributed by atoms with E-state index >= 15 is 0 Å². The molecule has 0 aliphatic heterocycles. The normalized spacial score (nSPS) is 16.7. The molecule has 18 heavy (non-hydrogen) atoms. The van der Waals surface area contributed by atoms with Crippen LogP contribution in [0.25, 0.3) is 0 Å². The largest absolute Gasteiger partial charge is 0.396 e. The van der Waals surface area contributed by atoms with Crippen LogP contribution in [0.3, 0.4) is 0 Å². The SMILES string of the molecule is N#Cc1ccc(NCC2(CCO)CCC2)c(F)c1. The lowest BCUT2D eigenvalue weighted by Gasteiger charge is -2.42. The van der Waals surface area contributed by atoms with E-state index in [2.05, 4.69) is 5.32 Å². The van der Waals surface area contributed by atoms with E-state index < -0.39 is 5.82 Å². The van der Waals surface area contributed by atoms with Gasteiger partial charge in [0.1, 0.15) is 5.82 Å². The minimum Gasteiger partial charge on any atom is -0.396 e. The fourth-order valence-electron chi connectivity index (χ4n) is 2.44. The van der Waals surface area contributed by atoms with E-state index in [1.807, 2.05) is 6.07 Å². The first kappa shape index (κ1) is 12.8. The molecule has 1 fully saturated rings. The Morgan fingerprint density at radius 2 is 2.22 bits per heavy atom. The third kappa shape index (κ3) is 2.62. The maximum Gasteiger partial charge on any atom is 0.147 e. The third-order valence-corrected chi connectivity index (χ3v) is 3.81. The highest BCUT2D eigenvalue weighted by Crippen LogP contribution is 2.43. The molecule has 2 N–H and O–H groups in total. The quantitative estimate of drug-likeness (QED) is 0.842. The van der Waals surface area contributed by atoms with Crippen LogP contribution in [-0.2, 0) is 0 Å². The third-order valence-electron chi connectivity index (χ3n) is 3.81. The lowest BCUT2D eigenvalue weighted by atomic mass is 9.67. The van der Waals surface area contributed by atoms with Gasteiger partial charge in [-0.2, -0.15) is 5.26 Å². The minimum atomic E-state index is -0.396. The van der Waals surface area contributed by atoms with Gasteiger partial charge in [0, 0.05) is 13.2 Å². The van der Waals surface area contributed by atoms with Crippen LogP contribution in [0, 0.1) is 22.6 Å². The number of aliphatic hydroxyl groups is 1. The molecule has 0 radical (unpaired) electrons. The first-order valence-corrected chi connectivity index (χ1v) is 6.23. The van der Waals surface area contributed by atoms with Crippen LogP contribution in [0.1, 0.15) is 31.2 Å². The van der Waals surface area contributed by atoms with Crippen LogP contribution < -0.4 is 5.32 Å². The van der Waals surface area contributed by atoms with Crippen LogP contribution in [0.15, 0.2) is 18.2 Å². The molecule has 96 valence electrons. The molecule has 0 spiro atoms. The van der Waals surface area contributed by atoms with Crippen LogP contribution in [-0.4, -0.2) is 18.3 Å². The van der Waals surface area contributed by atoms with Crippen molar-refractivity contribution in [1.29, 1.82) is 5.26 Å². The summed E-state index contributed by atoms with van der Waals surface area (Å²) in [6, 6.07) is 6.35. The summed E-state index contributed by atoms with van der Waals surface area (Å²) in [6.45, 7) is 0.855. The topological polar surface area (TPSA) is 56.0 Å². The fraction of sp³-hybridized carbons (Fsp3) is 0.500. The Hall–Kier alpha value is -1.60. The molecule has 1 aromatic rings. The number of rotatable bonds is 5. The smallest absolute Gasteiger partial charge is 0.147 e. The van der Waals surface area contributed by atoms with E-state index in [1.165, 1.54) is 12.5 Å². The van der Waals surface area contributed by atoms with E-state index in [-0.39, 0.29) is 12.0 Å². The molecule has 1 aliphatic carbocycles. The maximum atomic E-state index is 13.7. The molecule has 1 saturated carbocycles. The van der Waals surface area contributed by atoms with Crippen molar-refractivity contribution >= 4 is 5.69 Å². The zero-order valence-corrected chi connectivity index (χ0v) is 10.2. The van der Waals surface area contributed by atoms with Crippen molar-refractivity contribution in [3.63, 3.8) is 0 Å². The molecule has 4 heteroatoms. The average molecular weight is 248 g/mol. The first-order valence-electron chi connectivity index (χ1n) is 6.23. The van der Waals surface area contributed by atoms with E-state index in [9.17, 15) is 4.39 Å². The van der Waals surface area contributed by atoms with Gasteiger partial charge in [0.05, 0.1) is 17.3 Å². The van der Waals surface area contributed by atoms with Crippen molar-refractivity contribution in [3.05, 3.63) is 29.6 Å². The van der Waals surface area contributed by atoms with Gasteiger partial charge in [0.25, 0.3) is 0 Å². The summed E-state index contributed by atoms with van der Waals surface area (Å²) in [5.41, 5.74) is 0.875. The number of nitriles is 1. The van der Waals surface area contributed by atoms with Gasteiger partial charge in [-0.05, 0) is 42.9 Å². The summed E-state index contributed by atoms with van der Waals surface area (Å²) in [6.07, 6.45) is 4.10. The highest BCUT2D eigenvalue weighted by Gasteiger charge is 2.36. The summed E-state index contributed by atoms with van der Waals surface area (Å²) in [5, 5.41) is 20.8. The molecule has 1 aromatic carbocycles. The Kier molecular flexibility index (Phi) is 3.83. The number of nitrogens with zero attached hydrogens (tertiary/aromatic N) is 1. The van der Waals surface area contributed by atoms with Gasteiger partial charge < -0.3 is 10.4 Å². The van der Waals surface area contributed by atoms with E-state index in [1.54, 1.807) is 12.1 Å². The lowest BCUT2D eigenvalue weighted by molar-refractivity contribution is 0.102. The zero-order chi connectivity index (χ0) is 13.0. The van der Waals surface area contributed by atoms with Crippen molar-refractivity contribution in [3.8, 4) is 6.07 Å². The van der Waals surface area contributed by atoms with E-state index in [0.717, 1.165) is 19.3 Å². The molecule has 0 aromatic heterocycles. The molecule has 1 aliphatic rings. The summed E-state index contributed by atoms with van der Waals surface area (Å²) in [7, 11) is 0. The van der Waals surface area contributed by atoms with Gasteiger partial charge in [0.15, 0.2) is 0 Å². The zero-order valence-electron chi connectivity index (χ0n) is 10.2. The highest BCUT2D eigenvalue weighted by molar-refractivity contribution is 5.49. The molecule has 0 atom stereocenters. The van der Waals surface area contributed by atoms with Crippen LogP contribution in [0.4, 0.5) is 10.1 Å². The van der Waals surface area contributed by atoms with Crippen LogP contribution >= 0.6 is 0 Å². The molecule has 0 heterocycles. The van der Waals surface area contributed by atoms with Crippen LogP contribution in [0.5, 0.6) is 0 Å². The Morgan fingerprint density at radius 3 is 2.72 bits per heavy atom. The first-order chi connectivity index (χ1) is 8.69. The number of anilines is 1. The summed E-state index contributed by atoms with van der Waals surface area (Å²) in [5.74, 6) is -0.396. The molecule has 3 nitrogen and oxygen atoms in total. The Balaban J connectivity index is 2.00. The molecular weight excluding hydrogens is 231 g/mol.